The molecule has 0 unspecified atom stereocenters. The number of ether oxygens (including phenoxy) is 1. The van der Waals surface area contributed by atoms with Crippen molar-refractivity contribution in [3.63, 3.8) is 0 Å². The molecule has 9 heteroatoms. The quantitative estimate of drug-likeness (QED) is 0.779. The van der Waals surface area contributed by atoms with Gasteiger partial charge in [0.2, 0.25) is 0 Å². The van der Waals surface area contributed by atoms with Crippen LogP contribution in [0.2, 0.25) is 0 Å². The molecule has 0 saturated heterocycles. The lowest BCUT2D eigenvalue weighted by Crippen LogP contribution is -2.38. The number of halogens is 4. The maximum Gasteiger partial charge on any atom is 0.511 e. The molecule has 1 atom stereocenters. The molecule has 0 aliphatic rings. The van der Waals surface area contributed by atoms with Gasteiger partial charge in [-0.1, -0.05) is 6.07 Å². The first-order chi connectivity index (χ1) is 8.60. The second-order valence-electron chi connectivity index (χ2n) is 3.64. The SMILES string of the molecule is COc1cccc(I)c1[C@@H](C)NS(=O)(=O)C(F)(F)F. The standard InChI is InChI=1S/C10H11F3INO3S/c1-6(15-19(16,17)10(11,12)13)9-7(14)4-3-5-8(9)18-2/h3-6,15H,1-2H3/t6-/m1/s1. The molecule has 0 aromatic heterocycles. The van der Waals surface area contributed by atoms with E-state index in [0.29, 0.717) is 14.9 Å². The van der Waals surface area contributed by atoms with Crippen molar-refractivity contribution in [2.24, 2.45) is 0 Å². The molecule has 0 aliphatic carbocycles. The average molecular weight is 409 g/mol. The van der Waals surface area contributed by atoms with Crippen molar-refractivity contribution in [2.45, 2.75) is 18.5 Å². The lowest BCUT2D eigenvalue weighted by atomic mass is 10.1. The van der Waals surface area contributed by atoms with E-state index in [1.807, 2.05) is 22.6 Å². The molecule has 1 aromatic carbocycles. The van der Waals surface area contributed by atoms with Gasteiger partial charge in [-0.3, -0.25) is 0 Å². The third-order valence-corrected chi connectivity index (χ3v) is 4.52. The summed E-state index contributed by atoms with van der Waals surface area (Å²) in [6.07, 6.45) is 0. The summed E-state index contributed by atoms with van der Waals surface area (Å²) >= 11 is 1.90. The van der Waals surface area contributed by atoms with Crippen molar-refractivity contribution in [3.8, 4) is 5.75 Å². The first kappa shape index (κ1) is 16.5. The molecule has 0 heterocycles. The van der Waals surface area contributed by atoms with Gasteiger partial charge in [-0.2, -0.15) is 17.9 Å². The van der Waals surface area contributed by atoms with Crippen LogP contribution in [-0.4, -0.2) is 21.0 Å². The second kappa shape index (κ2) is 5.83. The molecule has 0 radical (unpaired) electrons. The molecule has 0 spiro atoms. The van der Waals surface area contributed by atoms with E-state index in [9.17, 15) is 21.6 Å². The first-order valence-electron chi connectivity index (χ1n) is 5.01. The average Bonchev–Trinajstić information content (AvgIpc) is 2.26. The Bertz CT molecular complexity index is 560. The molecule has 108 valence electrons. The van der Waals surface area contributed by atoms with E-state index in [1.54, 1.807) is 22.9 Å². The number of hydrogen-bond acceptors (Lipinski definition) is 3. The fraction of sp³-hybridized carbons (Fsp3) is 0.400. The summed E-state index contributed by atoms with van der Waals surface area (Å²) in [5.41, 5.74) is -4.98. The number of hydrogen-bond donors (Lipinski definition) is 1. The smallest absolute Gasteiger partial charge is 0.496 e. The van der Waals surface area contributed by atoms with Crippen LogP contribution in [0.5, 0.6) is 5.75 Å². The van der Waals surface area contributed by atoms with Gasteiger partial charge in [-0.05, 0) is 41.6 Å². The Kier molecular flexibility index (Phi) is 5.07. The Hall–Kier alpha value is -0.550. The third-order valence-electron chi connectivity index (χ3n) is 2.30. The van der Waals surface area contributed by atoms with Gasteiger partial charge in [0, 0.05) is 15.2 Å². The highest BCUT2D eigenvalue weighted by atomic mass is 127. The molecule has 19 heavy (non-hydrogen) atoms. The molecular weight excluding hydrogens is 398 g/mol. The van der Waals surface area contributed by atoms with Crippen LogP contribution < -0.4 is 9.46 Å². The minimum absolute atomic E-state index is 0.323. The van der Waals surface area contributed by atoms with Crippen molar-refractivity contribution in [1.29, 1.82) is 0 Å². The van der Waals surface area contributed by atoms with Crippen LogP contribution in [0.3, 0.4) is 0 Å². The Labute approximate surface area is 122 Å². The van der Waals surface area contributed by atoms with Crippen molar-refractivity contribution in [2.75, 3.05) is 7.11 Å². The monoisotopic (exact) mass is 409 g/mol. The predicted octanol–water partition coefficient (Wildman–Crippen LogP) is 2.80. The lowest BCUT2D eigenvalue weighted by molar-refractivity contribution is -0.0450. The summed E-state index contributed by atoms with van der Waals surface area (Å²) in [4.78, 5) is 0. The Balaban J connectivity index is 3.13. The van der Waals surface area contributed by atoms with Crippen LogP contribution in [0, 0.1) is 3.57 Å². The first-order valence-corrected chi connectivity index (χ1v) is 7.57. The Morgan fingerprint density at radius 3 is 2.42 bits per heavy atom. The van der Waals surface area contributed by atoms with E-state index in [4.69, 9.17) is 4.74 Å². The summed E-state index contributed by atoms with van der Waals surface area (Å²) in [6.45, 7) is 1.32. The van der Waals surface area contributed by atoms with Gasteiger partial charge in [0.1, 0.15) is 5.75 Å². The fourth-order valence-electron chi connectivity index (χ4n) is 1.47. The largest absolute Gasteiger partial charge is 0.511 e. The Morgan fingerprint density at radius 2 is 1.95 bits per heavy atom. The number of benzene rings is 1. The van der Waals surface area contributed by atoms with Gasteiger partial charge < -0.3 is 4.74 Å². The molecule has 0 fully saturated rings. The molecule has 1 rings (SSSR count). The van der Waals surface area contributed by atoms with Gasteiger partial charge in [0.05, 0.1) is 7.11 Å². The van der Waals surface area contributed by atoms with E-state index in [1.165, 1.54) is 14.0 Å². The number of alkyl halides is 3. The van der Waals surface area contributed by atoms with Crippen molar-refractivity contribution in [1.82, 2.24) is 4.72 Å². The highest BCUT2D eigenvalue weighted by molar-refractivity contribution is 14.1. The minimum Gasteiger partial charge on any atom is -0.496 e. The van der Waals surface area contributed by atoms with E-state index in [0.717, 1.165) is 0 Å². The number of sulfonamides is 1. The van der Waals surface area contributed by atoms with Gasteiger partial charge in [-0.25, -0.2) is 8.42 Å². The van der Waals surface area contributed by atoms with Crippen LogP contribution in [-0.2, 0) is 10.0 Å². The van der Waals surface area contributed by atoms with E-state index < -0.39 is 21.6 Å². The normalized spacial score (nSPS) is 14.2. The summed E-state index contributed by atoms with van der Waals surface area (Å²) in [6, 6.07) is 3.80. The number of nitrogens with one attached hydrogen (secondary N) is 1. The third kappa shape index (κ3) is 3.72. The highest BCUT2D eigenvalue weighted by Crippen LogP contribution is 2.32. The maximum absolute atomic E-state index is 12.3. The molecule has 0 amide bonds. The van der Waals surface area contributed by atoms with Crippen LogP contribution in [0.1, 0.15) is 18.5 Å². The summed E-state index contributed by atoms with van der Waals surface area (Å²) in [5.74, 6) is 0.323. The topological polar surface area (TPSA) is 55.4 Å². The Morgan fingerprint density at radius 1 is 1.37 bits per heavy atom. The second-order valence-corrected chi connectivity index (χ2v) is 6.51. The molecule has 0 aliphatic heterocycles. The van der Waals surface area contributed by atoms with Gasteiger partial charge >= 0.3 is 15.5 Å². The van der Waals surface area contributed by atoms with E-state index in [2.05, 4.69) is 0 Å². The lowest BCUT2D eigenvalue weighted by Gasteiger charge is -2.19. The van der Waals surface area contributed by atoms with E-state index in [-0.39, 0.29) is 0 Å². The predicted molar refractivity (Wildman–Crippen MR) is 72.2 cm³/mol. The van der Waals surface area contributed by atoms with Gasteiger partial charge in [0.15, 0.2) is 0 Å². The van der Waals surface area contributed by atoms with Crippen LogP contribution >= 0.6 is 22.6 Å². The maximum atomic E-state index is 12.3. The number of methoxy groups -OCH3 is 1. The molecule has 1 N–H and O–H groups in total. The molecule has 1 aromatic rings. The zero-order valence-electron chi connectivity index (χ0n) is 9.95. The molecule has 4 nitrogen and oxygen atoms in total. The molecular formula is C10H11F3INO3S. The van der Waals surface area contributed by atoms with E-state index >= 15 is 0 Å². The van der Waals surface area contributed by atoms with Gasteiger partial charge in [-0.15, -0.1) is 0 Å². The summed E-state index contributed by atoms with van der Waals surface area (Å²) < 4.78 is 66.3. The summed E-state index contributed by atoms with van der Waals surface area (Å²) in [7, 11) is -4.03. The van der Waals surface area contributed by atoms with Crippen LogP contribution in [0.25, 0.3) is 0 Å². The fourth-order valence-corrected chi connectivity index (χ4v) is 3.13. The van der Waals surface area contributed by atoms with Crippen molar-refractivity contribution in [3.05, 3.63) is 27.3 Å². The number of rotatable bonds is 4. The molecule has 0 bridgehead atoms. The zero-order chi connectivity index (χ0) is 14.8. The molecule has 0 saturated carbocycles. The van der Waals surface area contributed by atoms with Crippen LogP contribution in [0.4, 0.5) is 13.2 Å². The van der Waals surface area contributed by atoms with Crippen molar-refractivity contribution < 1.29 is 26.3 Å². The van der Waals surface area contributed by atoms with Crippen molar-refractivity contribution >= 4 is 32.6 Å². The minimum atomic E-state index is -5.40. The highest BCUT2D eigenvalue weighted by Gasteiger charge is 2.46. The van der Waals surface area contributed by atoms with Gasteiger partial charge in [0.25, 0.3) is 0 Å². The zero-order valence-corrected chi connectivity index (χ0v) is 12.9. The van der Waals surface area contributed by atoms with Crippen LogP contribution in [0.15, 0.2) is 18.2 Å². The summed E-state index contributed by atoms with van der Waals surface area (Å²) in [5, 5.41) is 0.